The second-order valence-electron chi connectivity index (χ2n) is 11.7. The van der Waals surface area contributed by atoms with Gasteiger partial charge < -0.3 is 9.84 Å². The molecule has 0 saturated heterocycles. The highest BCUT2D eigenvalue weighted by Crippen LogP contribution is 2.65. The number of aromatic nitrogens is 2. The van der Waals surface area contributed by atoms with Crippen LogP contribution >= 0.6 is 0 Å². The molecular formula is C27H39N3O2. The summed E-state index contributed by atoms with van der Waals surface area (Å²) in [5.41, 5.74) is 1.66. The van der Waals surface area contributed by atoms with Crippen LogP contribution in [0.25, 0.3) is 0 Å². The van der Waals surface area contributed by atoms with E-state index in [9.17, 15) is 5.11 Å². The molecule has 1 heterocycles. The molecule has 0 radical (unpaired) electrons. The molecule has 1 N–H and O–H groups in total. The van der Waals surface area contributed by atoms with Crippen LogP contribution in [0.2, 0.25) is 0 Å². The Labute approximate surface area is 192 Å². The lowest BCUT2D eigenvalue weighted by Crippen LogP contribution is -2.52. The van der Waals surface area contributed by atoms with E-state index in [4.69, 9.17) is 10.00 Å². The fraction of sp³-hybridized carbons (Fsp3) is 0.778. The molecule has 0 bridgehead atoms. The van der Waals surface area contributed by atoms with Crippen LogP contribution in [-0.2, 0) is 11.3 Å². The van der Waals surface area contributed by atoms with Gasteiger partial charge in [-0.2, -0.15) is 10.4 Å². The minimum absolute atomic E-state index is 0.349. The van der Waals surface area contributed by atoms with Gasteiger partial charge in [0.15, 0.2) is 0 Å². The maximum Gasteiger partial charge on any atom is 0.102 e. The molecule has 4 aliphatic rings. The summed E-state index contributed by atoms with van der Waals surface area (Å²) in [4.78, 5) is 0. The molecule has 4 fully saturated rings. The minimum Gasteiger partial charge on any atom is -0.387 e. The van der Waals surface area contributed by atoms with Gasteiger partial charge in [-0.05, 0) is 98.7 Å². The Hall–Kier alpha value is -1.64. The molecule has 0 aromatic carbocycles. The number of hydrogen-bond donors (Lipinski definition) is 1. The van der Waals surface area contributed by atoms with Crippen molar-refractivity contribution in [2.24, 2.45) is 40.9 Å². The quantitative estimate of drug-likeness (QED) is 0.661. The number of nitriles is 1. The highest BCUT2D eigenvalue weighted by atomic mass is 16.5. The standard InChI is InChI=1S/C27H39N3O2/c1-18(15-30-16-19(13-28)14-29-30)24-6-7-25-23-5-4-20-12-27(31,17-32-3)11-9-21(20)22(23)8-10-26(24,25)2/h14,16,20-25,31H,1,4-12,15,17H2,2-3H3/t20-,21-,22+,23+,24+,25-,26+,27+/m0/s1. The highest BCUT2D eigenvalue weighted by molar-refractivity contribution is 5.22. The average Bonchev–Trinajstić information content (AvgIpc) is 3.36. The molecule has 0 spiro atoms. The van der Waals surface area contributed by atoms with Crippen LogP contribution in [0, 0.1) is 52.3 Å². The lowest BCUT2D eigenvalue weighted by molar-refractivity contribution is -0.123. The SMILES string of the molecule is C=C(Cn1cc(C#N)cn1)[C@H]1CC[C@H]2[C@@H]3CC[C@H]4C[C@@](O)(COC)CC[C@@H]4[C@H]3CC[C@]12C. The van der Waals surface area contributed by atoms with Crippen molar-refractivity contribution in [3.05, 3.63) is 30.1 Å². The molecule has 0 unspecified atom stereocenters. The van der Waals surface area contributed by atoms with E-state index in [1.54, 1.807) is 13.3 Å². The molecule has 8 atom stereocenters. The summed E-state index contributed by atoms with van der Waals surface area (Å²) in [7, 11) is 1.71. The van der Waals surface area contributed by atoms with Gasteiger partial charge in [-0.15, -0.1) is 0 Å². The number of fused-ring (bicyclic) bond motifs is 5. The number of rotatable bonds is 5. The van der Waals surface area contributed by atoms with Gasteiger partial charge in [0.2, 0.25) is 0 Å². The predicted octanol–water partition coefficient (Wildman–Crippen LogP) is 4.96. The van der Waals surface area contributed by atoms with Gasteiger partial charge in [-0.1, -0.05) is 19.1 Å². The third-order valence-corrected chi connectivity index (χ3v) is 10.1. The zero-order valence-electron chi connectivity index (χ0n) is 19.8. The van der Waals surface area contributed by atoms with Crippen LogP contribution in [0.1, 0.15) is 70.3 Å². The number of ether oxygens (including phenoxy) is 1. The van der Waals surface area contributed by atoms with Crippen molar-refractivity contribution in [2.45, 2.75) is 76.9 Å². The van der Waals surface area contributed by atoms with Crippen LogP contribution in [0.3, 0.4) is 0 Å². The van der Waals surface area contributed by atoms with Gasteiger partial charge >= 0.3 is 0 Å². The molecule has 4 aliphatic carbocycles. The van der Waals surface area contributed by atoms with E-state index in [0.717, 1.165) is 43.1 Å². The molecule has 0 amide bonds. The first-order chi connectivity index (χ1) is 15.4. The third-order valence-electron chi connectivity index (χ3n) is 10.1. The number of allylic oxidation sites excluding steroid dienone is 1. The van der Waals surface area contributed by atoms with E-state index >= 15 is 0 Å². The molecule has 5 nitrogen and oxygen atoms in total. The molecule has 174 valence electrons. The Morgan fingerprint density at radius 1 is 1.22 bits per heavy atom. The normalized spacial score (nSPS) is 43.1. The van der Waals surface area contributed by atoms with Gasteiger partial charge in [0.05, 0.1) is 30.5 Å². The zero-order valence-corrected chi connectivity index (χ0v) is 19.8. The zero-order chi connectivity index (χ0) is 22.5. The van der Waals surface area contributed by atoms with Crippen molar-refractivity contribution < 1.29 is 9.84 Å². The molecule has 0 aliphatic heterocycles. The highest BCUT2D eigenvalue weighted by Gasteiger charge is 2.58. The third kappa shape index (κ3) is 3.64. The van der Waals surface area contributed by atoms with Gasteiger partial charge in [0.25, 0.3) is 0 Å². The lowest BCUT2D eigenvalue weighted by Gasteiger charge is -2.57. The summed E-state index contributed by atoms with van der Waals surface area (Å²) >= 11 is 0. The number of aliphatic hydroxyl groups is 1. The van der Waals surface area contributed by atoms with Crippen molar-refractivity contribution in [3.63, 3.8) is 0 Å². The monoisotopic (exact) mass is 437 g/mol. The molecule has 5 heteroatoms. The minimum atomic E-state index is -0.597. The molecular weight excluding hydrogens is 398 g/mol. The summed E-state index contributed by atoms with van der Waals surface area (Å²) in [6.45, 7) is 8.28. The predicted molar refractivity (Wildman–Crippen MR) is 124 cm³/mol. The number of methoxy groups -OCH3 is 1. The Morgan fingerprint density at radius 3 is 2.78 bits per heavy atom. The smallest absolute Gasteiger partial charge is 0.102 e. The maximum atomic E-state index is 11.0. The first kappa shape index (κ1) is 22.2. The van der Waals surface area contributed by atoms with Crippen molar-refractivity contribution >= 4 is 0 Å². The van der Waals surface area contributed by atoms with E-state index in [2.05, 4.69) is 24.7 Å². The van der Waals surface area contributed by atoms with Crippen molar-refractivity contribution in [1.29, 1.82) is 5.26 Å². The topological polar surface area (TPSA) is 71.1 Å². The molecule has 1 aromatic rings. The number of nitrogens with zero attached hydrogens (tertiary/aromatic N) is 3. The first-order valence-corrected chi connectivity index (χ1v) is 12.7. The van der Waals surface area contributed by atoms with E-state index in [0.29, 0.717) is 29.4 Å². The molecule has 5 rings (SSSR count). The van der Waals surface area contributed by atoms with Gasteiger partial charge in [0, 0.05) is 13.3 Å². The fourth-order valence-electron chi connectivity index (χ4n) is 8.86. The largest absolute Gasteiger partial charge is 0.387 e. The van der Waals surface area contributed by atoms with Crippen LogP contribution in [0.4, 0.5) is 0 Å². The Morgan fingerprint density at radius 2 is 2.03 bits per heavy atom. The van der Waals surface area contributed by atoms with Crippen LogP contribution in [-0.4, -0.2) is 34.2 Å². The van der Waals surface area contributed by atoms with Gasteiger partial charge in [-0.3, -0.25) is 4.68 Å². The van der Waals surface area contributed by atoms with Crippen molar-refractivity contribution in [2.75, 3.05) is 13.7 Å². The second-order valence-corrected chi connectivity index (χ2v) is 11.7. The molecule has 1 aromatic heterocycles. The van der Waals surface area contributed by atoms with Crippen LogP contribution in [0.15, 0.2) is 24.5 Å². The van der Waals surface area contributed by atoms with E-state index in [-0.39, 0.29) is 0 Å². The lowest BCUT2D eigenvalue weighted by atomic mass is 9.48. The fourth-order valence-corrected chi connectivity index (χ4v) is 8.86. The van der Waals surface area contributed by atoms with E-state index < -0.39 is 5.60 Å². The van der Waals surface area contributed by atoms with Crippen molar-refractivity contribution in [3.8, 4) is 6.07 Å². The Balaban J connectivity index is 1.28. The summed E-state index contributed by atoms with van der Waals surface area (Å²) < 4.78 is 7.23. The number of hydrogen-bond acceptors (Lipinski definition) is 4. The average molecular weight is 438 g/mol. The van der Waals surface area contributed by atoms with Crippen LogP contribution in [0.5, 0.6) is 0 Å². The Kier molecular flexibility index (Phi) is 5.75. The first-order valence-electron chi connectivity index (χ1n) is 12.7. The summed E-state index contributed by atoms with van der Waals surface area (Å²) in [6, 6.07) is 2.17. The summed E-state index contributed by atoms with van der Waals surface area (Å²) in [6.07, 6.45) is 14.3. The summed E-state index contributed by atoms with van der Waals surface area (Å²) in [5, 5.41) is 24.4. The van der Waals surface area contributed by atoms with Crippen molar-refractivity contribution in [1.82, 2.24) is 9.78 Å². The molecule has 4 saturated carbocycles. The van der Waals surface area contributed by atoms with Crippen LogP contribution < -0.4 is 0 Å². The van der Waals surface area contributed by atoms with E-state index in [1.165, 1.54) is 50.5 Å². The Bertz CT molecular complexity index is 903. The molecule has 32 heavy (non-hydrogen) atoms. The summed E-state index contributed by atoms with van der Waals surface area (Å²) in [5.74, 6) is 4.52. The second kappa shape index (κ2) is 8.29. The van der Waals surface area contributed by atoms with Gasteiger partial charge in [0.1, 0.15) is 6.07 Å². The maximum absolute atomic E-state index is 11.0. The van der Waals surface area contributed by atoms with Gasteiger partial charge in [-0.25, -0.2) is 0 Å². The van der Waals surface area contributed by atoms with E-state index in [1.807, 2.05) is 10.9 Å².